The van der Waals surface area contributed by atoms with Crippen LogP contribution in [0.5, 0.6) is 0 Å². The zero-order valence-electron chi connectivity index (χ0n) is 15.6. The van der Waals surface area contributed by atoms with Gasteiger partial charge < -0.3 is 5.32 Å². The third-order valence-corrected chi connectivity index (χ3v) is 6.86. The monoisotopic (exact) mass is 394 g/mol. The highest BCUT2D eigenvalue weighted by Gasteiger charge is 2.28. The van der Waals surface area contributed by atoms with Crippen LogP contribution < -0.4 is 5.32 Å². The van der Waals surface area contributed by atoms with Crippen LogP contribution >= 0.6 is 11.9 Å². The van der Waals surface area contributed by atoms with Crippen LogP contribution in [0, 0.1) is 5.82 Å². The van der Waals surface area contributed by atoms with Gasteiger partial charge in [-0.2, -0.15) is 0 Å². The van der Waals surface area contributed by atoms with Crippen LogP contribution in [0.4, 0.5) is 10.1 Å². The van der Waals surface area contributed by atoms with Crippen molar-refractivity contribution in [1.29, 1.82) is 0 Å². The molecule has 0 unspecified atom stereocenters. The molecule has 1 saturated heterocycles. The zero-order chi connectivity index (χ0) is 18.9. The number of aromatic nitrogens is 2. The van der Waals surface area contributed by atoms with E-state index in [4.69, 9.17) is 0 Å². The summed E-state index contributed by atoms with van der Waals surface area (Å²) < 4.78 is 16.2. The van der Waals surface area contributed by atoms with E-state index in [2.05, 4.69) is 43.7 Å². The molecule has 1 saturated carbocycles. The molecule has 5 rings (SSSR count). The molecule has 1 aromatic carbocycles. The topological polar surface area (TPSA) is 41.1 Å². The molecule has 0 spiro atoms. The molecule has 1 N–H and O–H groups in total. The van der Waals surface area contributed by atoms with Crippen molar-refractivity contribution in [2.45, 2.75) is 37.0 Å². The standard InChI is InChI=1S/C22H23FN4S/c23-18-10-17(12-25-13-18)16-9-15-3-6-24-14-21(15)22(11-16)26-19-4-7-27(8-5-19)28-20-1-2-20/h3,6,9-14,19-20,26H,1-2,4-5,7-8H2. The molecule has 1 aliphatic heterocycles. The number of benzene rings is 1. The Labute approximate surface area is 168 Å². The van der Waals surface area contributed by atoms with Crippen LogP contribution in [-0.2, 0) is 0 Å². The summed E-state index contributed by atoms with van der Waals surface area (Å²) in [4.78, 5) is 8.32. The number of hydrogen-bond acceptors (Lipinski definition) is 5. The minimum atomic E-state index is -0.317. The molecule has 3 aromatic rings. The van der Waals surface area contributed by atoms with Crippen LogP contribution in [0.25, 0.3) is 21.9 Å². The summed E-state index contributed by atoms with van der Waals surface area (Å²) in [6, 6.07) is 8.16. The van der Waals surface area contributed by atoms with E-state index < -0.39 is 0 Å². The maximum atomic E-state index is 13.7. The Bertz CT molecular complexity index is 983. The van der Waals surface area contributed by atoms with Gasteiger partial charge in [0.15, 0.2) is 0 Å². The quantitative estimate of drug-likeness (QED) is 0.608. The van der Waals surface area contributed by atoms with Gasteiger partial charge in [-0.25, -0.2) is 4.39 Å². The number of halogens is 1. The lowest BCUT2D eigenvalue weighted by atomic mass is 10.00. The summed E-state index contributed by atoms with van der Waals surface area (Å²) in [5.74, 6) is -0.317. The van der Waals surface area contributed by atoms with Crippen LogP contribution in [0.3, 0.4) is 0 Å². The maximum Gasteiger partial charge on any atom is 0.142 e. The van der Waals surface area contributed by atoms with Crippen LogP contribution in [-0.4, -0.2) is 38.7 Å². The van der Waals surface area contributed by atoms with E-state index >= 15 is 0 Å². The molecule has 2 aromatic heterocycles. The fourth-order valence-corrected chi connectivity index (χ4v) is 4.95. The van der Waals surface area contributed by atoms with Crippen molar-refractivity contribution in [3.63, 3.8) is 0 Å². The van der Waals surface area contributed by atoms with Gasteiger partial charge in [-0.15, -0.1) is 0 Å². The molecule has 4 nitrogen and oxygen atoms in total. The summed E-state index contributed by atoms with van der Waals surface area (Å²) in [5.41, 5.74) is 2.82. The predicted molar refractivity (Wildman–Crippen MR) is 114 cm³/mol. The number of fused-ring (bicyclic) bond motifs is 1. The third-order valence-electron chi connectivity index (χ3n) is 5.43. The SMILES string of the molecule is Fc1cncc(-c2cc(NC3CCN(SC4CC4)CC3)c3cnccc3c2)c1. The maximum absolute atomic E-state index is 13.7. The number of nitrogens with zero attached hydrogens (tertiary/aromatic N) is 3. The number of pyridine rings is 2. The van der Waals surface area contributed by atoms with Crippen LogP contribution in [0.2, 0.25) is 0 Å². The van der Waals surface area contributed by atoms with Crippen molar-refractivity contribution < 1.29 is 4.39 Å². The first-order valence-corrected chi connectivity index (χ1v) is 10.8. The molecular weight excluding hydrogens is 371 g/mol. The first-order valence-electron chi connectivity index (χ1n) is 9.91. The molecule has 144 valence electrons. The highest BCUT2D eigenvalue weighted by molar-refractivity contribution is 7.97. The number of nitrogens with one attached hydrogen (secondary N) is 1. The second-order valence-corrected chi connectivity index (χ2v) is 9.06. The lowest BCUT2D eigenvalue weighted by Crippen LogP contribution is -2.35. The molecular formula is C22H23FN4S. The lowest BCUT2D eigenvalue weighted by molar-refractivity contribution is 0.358. The fourth-order valence-electron chi connectivity index (χ4n) is 3.76. The number of piperidine rings is 1. The van der Waals surface area contributed by atoms with Crippen molar-refractivity contribution in [3.8, 4) is 11.1 Å². The Morgan fingerprint density at radius 3 is 2.61 bits per heavy atom. The van der Waals surface area contributed by atoms with Gasteiger partial charge in [0.2, 0.25) is 0 Å². The molecule has 2 aliphatic rings. The van der Waals surface area contributed by atoms with E-state index in [1.807, 2.05) is 12.3 Å². The smallest absolute Gasteiger partial charge is 0.142 e. The minimum Gasteiger partial charge on any atom is -0.382 e. The van der Waals surface area contributed by atoms with Gasteiger partial charge in [0.25, 0.3) is 0 Å². The predicted octanol–water partition coefficient (Wildman–Crippen LogP) is 5.12. The molecule has 0 bridgehead atoms. The number of rotatable bonds is 5. The van der Waals surface area contributed by atoms with Crippen LogP contribution in [0.15, 0.2) is 49.1 Å². The lowest BCUT2D eigenvalue weighted by Gasteiger charge is -2.32. The third kappa shape index (κ3) is 3.98. The minimum absolute atomic E-state index is 0.317. The van der Waals surface area contributed by atoms with E-state index in [9.17, 15) is 4.39 Å². The number of hydrogen-bond donors (Lipinski definition) is 1. The Morgan fingerprint density at radius 2 is 1.82 bits per heavy atom. The summed E-state index contributed by atoms with van der Waals surface area (Å²) in [7, 11) is 0. The molecule has 0 amide bonds. The van der Waals surface area contributed by atoms with Gasteiger partial charge in [-0.3, -0.25) is 14.3 Å². The van der Waals surface area contributed by atoms with E-state index in [1.54, 1.807) is 12.4 Å². The van der Waals surface area contributed by atoms with Crippen molar-refractivity contribution in [1.82, 2.24) is 14.3 Å². The van der Waals surface area contributed by atoms with Gasteiger partial charge in [-0.05, 0) is 60.9 Å². The summed E-state index contributed by atoms with van der Waals surface area (Å²) in [6.45, 7) is 2.26. The Morgan fingerprint density at radius 1 is 0.964 bits per heavy atom. The molecule has 2 fully saturated rings. The second-order valence-electron chi connectivity index (χ2n) is 7.66. The molecule has 0 radical (unpaired) electrons. The first-order chi connectivity index (χ1) is 13.7. The van der Waals surface area contributed by atoms with Gasteiger partial charge >= 0.3 is 0 Å². The first kappa shape index (κ1) is 17.9. The summed E-state index contributed by atoms with van der Waals surface area (Å²) in [6.07, 6.45) is 11.7. The molecule has 3 heterocycles. The molecule has 1 aliphatic carbocycles. The van der Waals surface area contributed by atoms with E-state index in [0.717, 1.165) is 58.8 Å². The summed E-state index contributed by atoms with van der Waals surface area (Å²) in [5, 5.41) is 6.82. The van der Waals surface area contributed by atoms with Crippen molar-refractivity contribution in [2.75, 3.05) is 18.4 Å². The van der Waals surface area contributed by atoms with Gasteiger partial charge in [0.1, 0.15) is 5.82 Å². The largest absolute Gasteiger partial charge is 0.382 e. The van der Waals surface area contributed by atoms with Gasteiger partial charge in [0, 0.05) is 59.6 Å². The second kappa shape index (κ2) is 7.68. The summed E-state index contributed by atoms with van der Waals surface area (Å²) >= 11 is 2.05. The Balaban J connectivity index is 1.40. The van der Waals surface area contributed by atoms with E-state index in [0.29, 0.717) is 6.04 Å². The molecule has 6 heteroatoms. The average molecular weight is 395 g/mol. The zero-order valence-corrected chi connectivity index (χ0v) is 16.5. The fraction of sp³-hybridized carbons (Fsp3) is 0.364. The van der Waals surface area contributed by atoms with E-state index in [1.165, 1.54) is 25.1 Å². The van der Waals surface area contributed by atoms with Crippen LogP contribution in [0.1, 0.15) is 25.7 Å². The highest BCUT2D eigenvalue weighted by atomic mass is 32.2. The molecule has 28 heavy (non-hydrogen) atoms. The Hall–Kier alpha value is -2.18. The van der Waals surface area contributed by atoms with Crippen molar-refractivity contribution in [2.24, 2.45) is 0 Å². The average Bonchev–Trinajstić information content (AvgIpc) is 3.53. The van der Waals surface area contributed by atoms with E-state index in [-0.39, 0.29) is 5.82 Å². The molecule has 0 atom stereocenters. The van der Waals surface area contributed by atoms with Crippen molar-refractivity contribution >= 4 is 28.4 Å². The Kier molecular flexibility index (Phi) is 4.91. The highest BCUT2D eigenvalue weighted by Crippen LogP contribution is 2.38. The normalized spacial score (nSPS) is 18.5. The van der Waals surface area contributed by atoms with Gasteiger partial charge in [0.05, 0.1) is 6.20 Å². The van der Waals surface area contributed by atoms with Crippen molar-refractivity contribution in [3.05, 3.63) is 54.9 Å². The van der Waals surface area contributed by atoms with Gasteiger partial charge in [-0.1, -0.05) is 11.9 Å². The number of anilines is 1.